The van der Waals surface area contributed by atoms with Crippen LogP contribution < -0.4 is 4.74 Å². The molecule has 160 valence electrons. The molecule has 0 aliphatic rings. The van der Waals surface area contributed by atoms with Gasteiger partial charge in [-0.2, -0.15) is 10.4 Å². The zero-order valence-corrected chi connectivity index (χ0v) is 18.7. The summed E-state index contributed by atoms with van der Waals surface area (Å²) in [6, 6.07) is 29.2. The first-order chi connectivity index (χ1) is 15.6. The minimum atomic E-state index is -0.246. The fraction of sp³-hybridized carbons (Fsp3) is 0.214. The molecule has 0 aliphatic carbocycles. The number of rotatable bonds is 7. The zero-order valence-electron chi connectivity index (χ0n) is 18.7. The highest BCUT2D eigenvalue weighted by molar-refractivity contribution is 5.63. The summed E-state index contributed by atoms with van der Waals surface area (Å²) in [6.07, 6.45) is 1.56. The molecule has 3 aromatic carbocycles. The first-order valence-electron chi connectivity index (χ1n) is 10.9. The maximum atomic E-state index is 9.86. The molecule has 1 aromatic heterocycles. The number of ether oxygens (including phenoxy) is 1. The SMILES string of the molecule is CCc1ccc(-c2cc(CC(C#N)c3cccc(C)c3)nn2-c2ccc(OC)cc2)cc1. The molecule has 0 amide bonds. The lowest BCUT2D eigenvalue weighted by molar-refractivity contribution is 0.414. The Morgan fingerprint density at radius 3 is 2.38 bits per heavy atom. The molecule has 0 bridgehead atoms. The number of nitrogens with zero attached hydrogens (tertiary/aromatic N) is 3. The van der Waals surface area contributed by atoms with Crippen molar-refractivity contribution in [1.82, 2.24) is 9.78 Å². The topological polar surface area (TPSA) is 50.8 Å². The van der Waals surface area contributed by atoms with E-state index in [1.54, 1.807) is 7.11 Å². The number of hydrogen-bond acceptors (Lipinski definition) is 3. The first kappa shape index (κ1) is 21.4. The Morgan fingerprint density at radius 1 is 1.00 bits per heavy atom. The van der Waals surface area contributed by atoms with Gasteiger partial charge in [-0.15, -0.1) is 0 Å². The second kappa shape index (κ2) is 9.53. The average Bonchev–Trinajstić information content (AvgIpc) is 3.26. The van der Waals surface area contributed by atoms with Gasteiger partial charge in [-0.05, 0) is 54.8 Å². The molecule has 0 saturated carbocycles. The summed E-state index contributed by atoms with van der Waals surface area (Å²) < 4.78 is 7.27. The van der Waals surface area contributed by atoms with Crippen molar-refractivity contribution in [3.8, 4) is 28.8 Å². The van der Waals surface area contributed by atoms with Crippen LogP contribution in [0.15, 0.2) is 78.9 Å². The highest BCUT2D eigenvalue weighted by Gasteiger charge is 2.17. The molecule has 4 heteroatoms. The van der Waals surface area contributed by atoms with Crippen molar-refractivity contribution in [3.63, 3.8) is 0 Å². The van der Waals surface area contributed by atoms with Crippen molar-refractivity contribution in [1.29, 1.82) is 5.26 Å². The molecule has 4 nitrogen and oxygen atoms in total. The Labute approximate surface area is 189 Å². The van der Waals surface area contributed by atoms with Crippen LogP contribution in [0.2, 0.25) is 0 Å². The fourth-order valence-electron chi connectivity index (χ4n) is 3.90. The van der Waals surface area contributed by atoms with Gasteiger partial charge in [-0.25, -0.2) is 4.68 Å². The summed E-state index contributed by atoms with van der Waals surface area (Å²) in [5.74, 6) is 0.559. The molecule has 1 unspecified atom stereocenters. The molecular formula is C28H27N3O. The van der Waals surface area contributed by atoms with Crippen molar-refractivity contribution >= 4 is 0 Å². The lowest BCUT2D eigenvalue weighted by atomic mass is 9.94. The van der Waals surface area contributed by atoms with Crippen LogP contribution in [-0.2, 0) is 12.8 Å². The predicted octanol–water partition coefficient (Wildman–Crippen LogP) is 6.27. The van der Waals surface area contributed by atoms with Crippen molar-refractivity contribution in [2.75, 3.05) is 7.11 Å². The average molecular weight is 422 g/mol. The molecule has 0 aliphatic heterocycles. The van der Waals surface area contributed by atoms with E-state index in [4.69, 9.17) is 9.84 Å². The fourth-order valence-corrected chi connectivity index (χ4v) is 3.90. The molecule has 0 spiro atoms. The minimum absolute atomic E-state index is 0.246. The van der Waals surface area contributed by atoms with E-state index in [1.807, 2.05) is 41.1 Å². The van der Waals surface area contributed by atoms with Gasteiger partial charge < -0.3 is 4.74 Å². The lowest BCUT2D eigenvalue weighted by Crippen LogP contribution is -2.03. The second-order valence-corrected chi connectivity index (χ2v) is 7.98. The van der Waals surface area contributed by atoms with Crippen molar-refractivity contribution in [2.24, 2.45) is 0 Å². The smallest absolute Gasteiger partial charge is 0.119 e. The van der Waals surface area contributed by atoms with Gasteiger partial charge in [-0.3, -0.25) is 0 Å². The highest BCUT2D eigenvalue weighted by atomic mass is 16.5. The van der Waals surface area contributed by atoms with Gasteiger partial charge in [-0.1, -0.05) is 61.0 Å². The Kier molecular flexibility index (Phi) is 6.37. The molecule has 1 heterocycles. The van der Waals surface area contributed by atoms with E-state index in [0.29, 0.717) is 6.42 Å². The normalized spacial score (nSPS) is 11.7. The van der Waals surface area contributed by atoms with E-state index in [0.717, 1.165) is 45.9 Å². The van der Waals surface area contributed by atoms with E-state index >= 15 is 0 Å². The minimum Gasteiger partial charge on any atom is -0.497 e. The van der Waals surface area contributed by atoms with Crippen molar-refractivity contribution in [3.05, 3.63) is 101 Å². The Bertz CT molecular complexity index is 1170. The van der Waals surface area contributed by atoms with E-state index in [-0.39, 0.29) is 5.92 Å². The van der Waals surface area contributed by atoms with Crippen LogP contribution in [0.4, 0.5) is 0 Å². The van der Waals surface area contributed by atoms with Crippen LogP contribution in [0.1, 0.15) is 35.2 Å². The molecule has 32 heavy (non-hydrogen) atoms. The lowest BCUT2D eigenvalue weighted by Gasteiger charge is -2.09. The summed E-state index contributed by atoms with van der Waals surface area (Å²) >= 11 is 0. The van der Waals surface area contributed by atoms with Gasteiger partial charge in [0.1, 0.15) is 5.75 Å². The van der Waals surface area contributed by atoms with E-state index in [2.05, 4.69) is 62.4 Å². The van der Waals surface area contributed by atoms with Crippen molar-refractivity contribution in [2.45, 2.75) is 32.6 Å². The highest BCUT2D eigenvalue weighted by Crippen LogP contribution is 2.28. The monoisotopic (exact) mass is 421 g/mol. The molecule has 4 rings (SSSR count). The maximum Gasteiger partial charge on any atom is 0.119 e. The Hall–Kier alpha value is -3.84. The predicted molar refractivity (Wildman–Crippen MR) is 128 cm³/mol. The Balaban J connectivity index is 1.74. The first-order valence-corrected chi connectivity index (χ1v) is 10.9. The Morgan fingerprint density at radius 2 is 1.75 bits per heavy atom. The summed E-state index contributed by atoms with van der Waals surface area (Å²) in [4.78, 5) is 0. The van der Waals surface area contributed by atoms with Gasteiger partial charge in [0.2, 0.25) is 0 Å². The summed E-state index contributed by atoms with van der Waals surface area (Å²) in [6.45, 7) is 4.20. The number of hydrogen-bond donors (Lipinski definition) is 0. The van der Waals surface area contributed by atoms with Gasteiger partial charge in [0.05, 0.1) is 36.2 Å². The third kappa shape index (κ3) is 4.58. The number of aryl methyl sites for hydroxylation is 2. The van der Waals surface area contributed by atoms with Crippen LogP contribution in [0.3, 0.4) is 0 Å². The summed E-state index contributed by atoms with van der Waals surface area (Å²) in [7, 11) is 1.66. The quantitative estimate of drug-likeness (QED) is 0.353. The molecule has 1 atom stereocenters. The second-order valence-electron chi connectivity index (χ2n) is 7.98. The van der Waals surface area contributed by atoms with Crippen LogP contribution in [0.5, 0.6) is 5.75 Å². The van der Waals surface area contributed by atoms with E-state index in [1.165, 1.54) is 5.56 Å². The van der Waals surface area contributed by atoms with Crippen LogP contribution in [-0.4, -0.2) is 16.9 Å². The number of nitriles is 1. The van der Waals surface area contributed by atoms with E-state index < -0.39 is 0 Å². The molecular weight excluding hydrogens is 394 g/mol. The molecule has 0 saturated heterocycles. The third-order valence-corrected chi connectivity index (χ3v) is 5.75. The molecule has 0 N–H and O–H groups in total. The zero-order chi connectivity index (χ0) is 22.5. The third-order valence-electron chi connectivity index (χ3n) is 5.75. The van der Waals surface area contributed by atoms with Crippen LogP contribution >= 0.6 is 0 Å². The molecule has 0 radical (unpaired) electrons. The molecule has 0 fully saturated rings. The number of aromatic nitrogens is 2. The number of benzene rings is 3. The standard InChI is InChI=1S/C28H27N3O/c1-4-21-8-10-22(11-9-21)28-18-25(17-24(19-29)23-7-5-6-20(2)16-23)30-31(28)26-12-14-27(32-3)15-13-26/h5-16,18,24H,4,17H2,1-3H3. The summed E-state index contributed by atoms with van der Waals surface area (Å²) in [5, 5.41) is 14.8. The van der Waals surface area contributed by atoms with Gasteiger partial charge in [0.25, 0.3) is 0 Å². The van der Waals surface area contributed by atoms with E-state index in [9.17, 15) is 5.26 Å². The largest absolute Gasteiger partial charge is 0.497 e. The van der Waals surface area contributed by atoms with Crippen LogP contribution in [0, 0.1) is 18.3 Å². The van der Waals surface area contributed by atoms with Crippen LogP contribution in [0.25, 0.3) is 16.9 Å². The molecule has 4 aromatic rings. The van der Waals surface area contributed by atoms with Gasteiger partial charge in [0, 0.05) is 12.0 Å². The summed E-state index contributed by atoms with van der Waals surface area (Å²) in [5.41, 5.74) is 7.44. The van der Waals surface area contributed by atoms with Gasteiger partial charge >= 0.3 is 0 Å². The number of methoxy groups -OCH3 is 1. The maximum absolute atomic E-state index is 9.86. The van der Waals surface area contributed by atoms with Crippen molar-refractivity contribution < 1.29 is 4.74 Å². The van der Waals surface area contributed by atoms with Gasteiger partial charge in [0.15, 0.2) is 0 Å².